The van der Waals surface area contributed by atoms with Crippen LogP contribution in [0.1, 0.15) is 17.5 Å². The van der Waals surface area contributed by atoms with Gasteiger partial charge in [0.2, 0.25) is 0 Å². The minimum atomic E-state index is 0.693. The van der Waals surface area contributed by atoms with E-state index >= 15 is 0 Å². The molecule has 1 aliphatic carbocycles. The maximum absolute atomic E-state index is 2.36. The Kier molecular flexibility index (Phi) is 3.39. The molecule has 19 heavy (non-hydrogen) atoms. The molecule has 1 aliphatic rings. The highest BCUT2D eigenvalue weighted by atomic mass is 15.1. The first kappa shape index (κ1) is 12.4. The van der Waals surface area contributed by atoms with Gasteiger partial charge in [0.1, 0.15) is 0 Å². The number of hydrogen-bond donors (Lipinski definition) is 0. The molecule has 0 aromatic heterocycles. The minimum Gasteiger partial charge on any atom is -0.306 e. The van der Waals surface area contributed by atoms with E-state index in [1.54, 1.807) is 5.56 Å². The lowest BCUT2D eigenvalue weighted by molar-refractivity contribution is 0.268. The van der Waals surface area contributed by atoms with Crippen LogP contribution in [-0.4, -0.2) is 25.0 Å². The number of fused-ring (bicyclic) bond motifs is 1. The van der Waals surface area contributed by atoms with Crippen LogP contribution in [0.15, 0.2) is 48.5 Å². The number of benzene rings is 2. The van der Waals surface area contributed by atoms with Crippen molar-refractivity contribution in [3.63, 3.8) is 0 Å². The summed E-state index contributed by atoms with van der Waals surface area (Å²) in [6.07, 6.45) is 3.65. The van der Waals surface area contributed by atoms with Crippen LogP contribution < -0.4 is 0 Å². The highest BCUT2D eigenvalue weighted by Gasteiger charge is 2.22. The van der Waals surface area contributed by atoms with Crippen LogP contribution in [0, 0.1) is 0 Å². The van der Waals surface area contributed by atoms with E-state index in [9.17, 15) is 0 Å². The van der Waals surface area contributed by atoms with E-state index in [0.29, 0.717) is 6.04 Å². The van der Waals surface area contributed by atoms with Gasteiger partial charge in [-0.25, -0.2) is 0 Å². The molecule has 1 heteroatoms. The molecular weight excluding hydrogens is 230 g/mol. The average molecular weight is 251 g/mol. The Morgan fingerprint density at radius 3 is 2.47 bits per heavy atom. The Hall–Kier alpha value is -1.60. The summed E-state index contributed by atoms with van der Waals surface area (Å²) >= 11 is 0. The lowest BCUT2D eigenvalue weighted by atomic mass is 9.83. The number of hydrogen-bond acceptors (Lipinski definition) is 1. The number of nitrogens with zero attached hydrogens (tertiary/aromatic N) is 1. The predicted molar refractivity (Wildman–Crippen MR) is 81.4 cm³/mol. The molecule has 0 saturated heterocycles. The molecule has 1 nitrogen and oxygen atoms in total. The van der Waals surface area contributed by atoms with Crippen molar-refractivity contribution < 1.29 is 0 Å². The van der Waals surface area contributed by atoms with Gasteiger partial charge in [-0.3, -0.25) is 0 Å². The van der Waals surface area contributed by atoms with E-state index < -0.39 is 0 Å². The zero-order valence-electron chi connectivity index (χ0n) is 11.8. The van der Waals surface area contributed by atoms with Crippen molar-refractivity contribution in [1.82, 2.24) is 4.90 Å². The van der Waals surface area contributed by atoms with Gasteiger partial charge in [-0.1, -0.05) is 48.5 Å². The molecule has 0 spiro atoms. The normalized spacial score (nSPS) is 18.4. The van der Waals surface area contributed by atoms with Crippen molar-refractivity contribution in [2.24, 2.45) is 0 Å². The maximum atomic E-state index is 2.36. The first-order chi connectivity index (χ1) is 9.25. The Morgan fingerprint density at radius 2 is 1.74 bits per heavy atom. The molecule has 98 valence electrons. The predicted octanol–water partition coefficient (Wildman–Crippen LogP) is 3.77. The van der Waals surface area contributed by atoms with Gasteiger partial charge in [0, 0.05) is 6.04 Å². The van der Waals surface area contributed by atoms with Crippen molar-refractivity contribution in [3.8, 4) is 11.1 Å². The Bertz CT molecular complexity index is 557. The monoisotopic (exact) mass is 251 g/mol. The van der Waals surface area contributed by atoms with Crippen molar-refractivity contribution in [1.29, 1.82) is 0 Å². The average Bonchev–Trinajstić information content (AvgIpc) is 2.47. The van der Waals surface area contributed by atoms with E-state index in [0.717, 1.165) is 0 Å². The highest BCUT2D eigenvalue weighted by Crippen LogP contribution is 2.32. The zero-order chi connectivity index (χ0) is 13.2. The second kappa shape index (κ2) is 5.18. The summed E-state index contributed by atoms with van der Waals surface area (Å²) in [5.41, 5.74) is 5.87. The summed E-state index contributed by atoms with van der Waals surface area (Å²) in [5, 5.41) is 0. The molecule has 0 aliphatic heterocycles. The van der Waals surface area contributed by atoms with Crippen molar-refractivity contribution in [2.45, 2.75) is 25.3 Å². The molecule has 0 unspecified atom stereocenters. The molecule has 0 fully saturated rings. The van der Waals surface area contributed by atoms with Crippen LogP contribution in [0.5, 0.6) is 0 Å². The lowest BCUT2D eigenvalue weighted by Gasteiger charge is -2.31. The molecule has 0 heterocycles. The molecular formula is C18H21N. The van der Waals surface area contributed by atoms with Crippen molar-refractivity contribution in [3.05, 3.63) is 59.7 Å². The van der Waals surface area contributed by atoms with Crippen molar-refractivity contribution >= 4 is 0 Å². The number of likely N-dealkylation sites (N-methyl/N-ethyl adjacent to an activating group) is 1. The summed E-state index contributed by atoms with van der Waals surface area (Å²) in [6.45, 7) is 0. The van der Waals surface area contributed by atoms with Crippen LogP contribution in [0.4, 0.5) is 0 Å². The van der Waals surface area contributed by atoms with Crippen LogP contribution in [0.25, 0.3) is 11.1 Å². The van der Waals surface area contributed by atoms with Gasteiger partial charge in [0.25, 0.3) is 0 Å². The highest BCUT2D eigenvalue weighted by molar-refractivity contribution is 5.69. The van der Waals surface area contributed by atoms with E-state index in [-0.39, 0.29) is 0 Å². The fourth-order valence-electron chi connectivity index (χ4n) is 3.12. The van der Waals surface area contributed by atoms with Crippen LogP contribution >= 0.6 is 0 Å². The first-order valence-corrected chi connectivity index (χ1v) is 7.08. The molecule has 0 amide bonds. The molecule has 0 bridgehead atoms. The van der Waals surface area contributed by atoms with Crippen LogP contribution in [0.3, 0.4) is 0 Å². The summed E-state index contributed by atoms with van der Waals surface area (Å²) in [5.74, 6) is 0. The van der Waals surface area contributed by atoms with Gasteiger partial charge in [-0.15, -0.1) is 0 Å². The molecule has 0 saturated carbocycles. The van der Waals surface area contributed by atoms with E-state index in [1.807, 2.05) is 0 Å². The van der Waals surface area contributed by atoms with Gasteiger partial charge in [-0.05, 0) is 55.6 Å². The lowest BCUT2D eigenvalue weighted by Crippen LogP contribution is -2.33. The largest absolute Gasteiger partial charge is 0.306 e. The maximum Gasteiger partial charge on any atom is 0.0133 e. The van der Waals surface area contributed by atoms with Gasteiger partial charge in [-0.2, -0.15) is 0 Å². The SMILES string of the molecule is CN(C)[C@@H]1CCc2c(cccc2-c2ccccc2)C1. The third-order valence-corrected chi connectivity index (χ3v) is 4.27. The molecule has 3 rings (SSSR count). The van der Waals surface area contributed by atoms with Gasteiger partial charge in [0.15, 0.2) is 0 Å². The van der Waals surface area contributed by atoms with Gasteiger partial charge >= 0.3 is 0 Å². The smallest absolute Gasteiger partial charge is 0.0133 e. The molecule has 0 N–H and O–H groups in total. The Morgan fingerprint density at radius 1 is 0.947 bits per heavy atom. The summed E-state index contributed by atoms with van der Waals surface area (Å²) in [6, 6.07) is 18.2. The van der Waals surface area contributed by atoms with E-state index in [4.69, 9.17) is 0 Å². The second-order valence-corrected chi connectivity index (χ2v) is 5.67. The fourth-order valence-corrected chi connectivity index (χ4v) is 3.12. The fraction of sp³-hybridized carbons (Fsp3) is 0.333. The van der Waals surface area contributed by atoms with Crippen LogP contribution in [-0.2, 0) is 12.8 Å². The second-order valence-electron chi connectivity index (χ2n) is 5.67. The van der Waals surface area contributed by atoms with Gasteiger partial charge < -0.3 is 4.90 Å². The number of rotatable bonds is 2. The standard InChI is InChI=1S/C18H21N/c1-19(2)16-11-12-18-15(13-16)9-6-10-17(18)14-7-4-3-5-8-14/h3-10,16H,11-13H2,1-2H3/t16-/m1/s1. The van der Waals surface area contributed by atoms with Crippen LogP contribution in [0.2, 0.25) is 0 Å². The quantitative estimate of drug-likeness (QED) is 0.785. The summed E-state index contributed by atoms with van der Waals surface area (Å²) in [4.78, 5) is 2.36. The van der Waals surface area contributed by atoms with Crippen molar-refractivity contribution in [2.75, 3.05) is 14.1 Å². The molecule has 0 radical (unpaired) electrons. The summed E-state index contributed by atoms with van der Waals surface area (Å²) in [7, 11) is 4.38. The molecule has 2 aromatic rings. The Labute approximate surface area is 115 Å². The summed E-state index contributed by atoms with van der Waals surface area (Å²) < 4.78 is 0. The topological polar surface area (TPSA) is 3.24 Å². The third kappa shape index (κ3) is 2.43. The van der Waals surface area contributed by atoms with E-state index in [1.165, 1.54) is 36.0 Å². The van der Waals surface area contributed by atoms with E-state index in [2.05, 4.69) is 67.5 Å². The minimum absolute atomic E-state index is 0.693. The zero-order valence-corrected chi connectivity index (χ0v) is 11.8. The molecule has 1 atom stereocenters. The van der Waals surface area contributed by atoms with Gasteiger partial charge in [0.05, 0.1) is 0 Å². The first-order valence-electron chi connectivity index (χ1n) is 7.08. The molecule has 2 aromatic carbocycles. The Balaban J connectivity index is 2.00. The third-order valence-electron chi connectivity index (χ3n) is 4.27.